The molecule has 122 valence electrons. The summed E-state index contributed by atoms with van der Waals surface area (Å²) in [5, 5.41) is 10.6. The molecular weight excluding hydrogens is 332 g/mol. The van der Waals surface area contributed by atoms with Crippen molar-refractivity contribution in [3.63, 3.8) is 0 Å². The molecule has 5 heteroatoms. The highest BCUT2D eigenvalue weighted by atomic mass is 32.1. The van der Waals surface area contributed by atoms with E-state index in [0.29, 0.717) is 21.6 Å². The third kappa shape index (κ3) is 2.64. The predicted molar refractivity (Wildman–Crippen MR) is 100 cm³/mol. The van der Waals surface area contributed by atoms with Crippen LogP contribution in [0, 0.1) is 4.77 Å². The molecule has 1 aliphatic carbocycles. The Morgan fingerprint density at radius 3 is 2.52 bits per heavy atom. The molecule has 0 radical (unpaired) electrons. The third-order valence-electron chi connectivity index (χ3n) is 4.12. The molecule has 3 aromatic rings. The van der Waals surface area contributed by atoms with Crippen molar-refractivity contribution in [3.8, 4) is 11.6 Å². The molecule has 4 nitrogen and oxygen atoms in total. The molecule has 1 aliphatic rings. The summed E-state index contributed by atoms with van der Waals surface area (Å²) in [7, 11) is 0. The number of benzene rings is 2. The lowest BCUT2D eigenvalue weighted by molar-refractivity contribution is 0.103. The van der Waals surface area contributed by atoms with E-state index in [1.54, 1.807) is 18.2 Å². The molecule has 0 amide bonds. The topological polar surface area (TPSA) is 58.0 Å². The maximum atomic E-state index is 12.6. The van der Waals surface area contributed by atoms with Gasteiger partial charge in [-0.1, -0.05) is 54.6 Å². The number of fused-ring (bicyclic) bond motifs is 1. The van der Waals surface area contributed by atoms with Crippen molar-refractivity contribution < 1.29 is 9.90 Å². The first-order valence-electron chi connectivity index (χ1n) is 7.78. The van der Waals surface area contributed by atoms with Crippen LogP contribution in [-0.2, 0) is 0 Å². The van der Waals surface area contributed by atoms with Crippen molar-refractivity contribution in [2.75, 3.05) is 0 Å². The summed E-state index contributed by atoms with van der Waals surface area (Å²) in [5.74, 6) is -0.104. The van der Waals surface area contributed by atoms with E-state index in [-0.39, 0.29) is 11.7 Å². The number of hydrogen-bond donors (Lipinski definition) is 2. The van der Waals surface area contributed by atoms with E-state index in [2.05, 4.69) is 4.98 Å². The van der Waals surface area contributed by atoms with Gasteiger partial charge in [-0.25, -0.2) is 0 Å². The number of aromatic hydroxyl groups is 1. The van der Waals surface area contributed by atoms with E-state index in [1.165, 1.54) is 4.57 Å². The first-order chi connectivity index (χ1) is 12.1. The zero-order chi connectivity index (χ0) is 17.4. The van der Waals surface area contributed by atoms with Gasteiger partial charge in [0.25, 0.3) is 0 Å². The Kier molecular flexibility index (Phi) is 3.71. The van der Waals surface area contributed by atoms with E-state index in [1.807, 2.05) is 54.6 Å². The van der Waals surface area contributed by atoms with Gasteiger partial charge in [0, 0.05) is 11.1 Å². The van der Waals surface area contributed by atoms with Crippen molar-refractivity contribution in [2.24, 2.45) is 0 Å². The molecule has 4 rings (SSSR count). The van der Waals surface area contributed by atoms with Gasteiger partial charge in [-0.15, -0.1) is 0 Å². The molecule has 2 N–H and O–H groups in total. The lowest BCUT2D eigenvalue weighted by Crippen LogP contribution is -2.07. The van der Waals surface area contributed by atoms with Crippen LogP contribution in [-0.4, -0.2) is 20.4 Å². The van der Waals surface area contributed by atoms with Crippen molar-refractivity contribution in [2.45, 2.75) is 0 Å². The number of hydrogen-bond acceptors (Lipinski definition) is 3. The molecular formula is C20H14N2O2S. The quantitative estimate of drug-likeness (QED) is 0.529. The molecule has 0 atom stereocenters. The predicted octanol–water partition coefficient (Wildman–Crippen LogP) is 4.53. The number of nitrogens with zero attached hydrogens (tertiary/aromatic N) is 1. The van der Waals surface area contributed by atoms with E-state index in [4.69, 9.17) is 12.2 Å². The average molecular weight is 346 g/mol. The van der Waals surface area contributed by atoms with Crippen LogP contribution in [0.2, 0.25) is 0 Å². The van der Waals surface area contributed by atoms with Crippen molar-refractivity contribution in [1.82, 2.24) is 9.55 Å². The Morgan fingerprint density at radius 1 is 1.00 bits per heavy atom. The van der Waals surface area contributed by atoms with Gasteiger partial charge in [0.15, 0.2) is 10.6 Å². The van der Waals surface area contributed by atoms with Crippen LogP contribution >= 0.6 is 12.2 Å². The van der Waals surface area contributed by atoms with Crippen LogP contribution in [0.3, 0.4) is 0 Å². The number of carbonyl (C=O) groups excluding carboxylic acids is 1. The van der Waals surface area contributed by atoms with Crippen molar-refractivity contribution in [1.29, 1.82) is 0 Å². The van der Waals surface area contributed by atoms with Gasteiger partial charge in [-0.3, -0.25) is 9.36 Å². The summed E-state index contributed by atoms with van der Waals surface area (Å²) in [5.41, 5.74) is 3.19. The highest BCUT2D eigenvalue weighted by Gasteiger charge is 2.19. The SMILES string of the molecule is O=C1/C(=C/c2[nH]c(=S)n(-c3ccccc3)c2O)C=Cc2ccccc21. The van der Waals surface area contributed by atoms with Crippen molar-refractivity contribution in [3.05, 3.63) is 87.8 Å². The number of Topliss-reactive ketones (excluding diaryl/α,β-unsaturated/α-hetero) is 1. The highest BCUT2D eigenvalue weighted by molar-refractivity contribution is 7.71. The minimum Gasteiger partial charge on any atom is -0.493 e. The van der Waals surface area contributed by atoms with Crippen LogP contribution in [0.4, 0.5) is 0 Å². The number of ketones is 1. The molecule has 0 bridgehead atoms. The minimum absolute atomic E-state index is 0.0243. The maximum absolute atomic E-state index is 12.6. The number of H-pyrrole nitrogens is 1. The first-order valence-corrected chi connectivity index (χ1v) is 8.19. The number of aromatic amines is 1. The van der Waals surface area contributed by atoms with Crippen LogP contribution < -0.4 is 0 Å². The van der Waals surface area contributed by atoms with E-state index in [0.717, 1.165) is 11.3 Å². The van der Waals surface area contributed by atoms with Gasteiger partial charge in [-0.2, -0.15) is 0 Å². The summed E-state index contributed by atoms with van der Waals surface area (Å²) in [6.07, 6.45) is 5.27. The molecule has 0 aliphatic heterocycles. The van der Waals surface area contributed by atoms with Gasteiger partial charge in [0.1, 0.15) is 5.69 Å². The van der Waals surface area contributed by atoms with E-state index in [9.17, 15) is 9.90 Å². The second-order valence-electron chi connectivity index (χ2n) is 5.69. The van der Waals surface area contributed by atoms with Gasteiger partial charge in [-0.05, 0) is 36.0 Å². The summed E-state index contributed by atoms with van der Waals surface area (Å²) in [6.45, 7) is 0. The van der Waals surface area contributed by atoms with Gasteiger partial charge in [0.05, 0.1) is 5.69 Å². The molecule has 1 aromatic heterocycles. The summed E-state index contributed by atoms with van der Waals surface area (Å²) < 4.78 is 1.90. The Labute approximate surface area is 149 Å². The fraction of sp³-hybridized carbons (Fsp3) is 0. The summed E-state index contributed by atoms with van der Waals surface area (Å²) in [6, 6.07) is 16.8. The van der Waals surface area contributed by atoms with Crippen LogP contribution in [0.5, 0.6) is 5.88 Å². The smallest absolute Gasteiger partial charge is 0.222 e. The molecule has 0 unspecified atom stereocenters. The number of carbonyl (C=O) groups is 1. The molecule has 2 aromatic carbocycles. The lowest BCUT2D eigenvalue weighted by atomic mass is 9.92. The van der Waals surface area contributed by atoms with Gasteiger partial charge >= 0.3 is 0 Å². The third-order valence-corrected chi connectivity index (χ3v) is 4.41. The zero-order valence-electron chi connectivity index (χ0n) is 13.1. The van der Waals surface area contributed by atoms with Crippen LogP contribution in [0.1, 0.15) is 21.6 Å². The van der Waals surface area contributed by atoms with Gasteiger partial charge in [0.2, 0.25) is 5.88 Å². The standard InChI is InChI=1S/C20H14N2O2S/c23-18-14(11-10-13-6-4-5-9-16(13)18)12-17-19(24)22(20(25)21-17)15-7-2-1-3-8-15/h1-12,24H,(H,21,25)/b14-12+. The Balaban J connectivity index is 1.79. The number of para-hydroxylation sites is 1. The van der Waals surface area contributed by atoms with E-state index >= 15 is 0 Å². The van der Waals surface area contributed by atoms with Crippen LogP contribution in [0.15, 0.2) is 66.2 Å². The largest absolute Gasteiger partial charge is 0.493 e. The molecule has 0 saturated heterocycles. The Hall–Kier alpha value is -3.18. The number of aromatic nitrogens is 2. The number of imidazole rings is 1. The summed E-state index contributed by atoms with van der Waals surface area (Å²) in [4.78, 5) is 15.6. The Bertz CT molecular complexity index is 1090. The molecule has 0 fully saturated rings. The second-order valence-corrected chi connectivity index (χ2v) is 6.07. The molecule has 1 heterocycles. The maximum Gasteiger partial charge on any atom is 0.222 e. The molecule has 25 heavy (non-hydrogen) atoms. The normalized spacial score (nSPS) is 14.7. The molecule has 0 spiro atoms. The zero-order valence-corrected chi connectivity index (χ0v) is 14.0. The number of rotatable bonds is 2. The monoisotopic (exact) mass is 346 g/mol. The second kappa shape index (κ2) is 6.03. The van der Waals surface area contributed by atoms with E-state index < -0.39 is 0 Å². The summed E-state index contributed by atoms with van der Waals surface area (Å²) >= 11 is 5.32. The lowest BCUT2D eigenvalue weighted by Gasteiger charge is -2.11. The van der Waals surface area contributed by atoms with Crippen LogP contribution in [0.25, 0.3) is 17.8 Å². The minimum atomic E-state index is -0.0794. The molecule has 0 saturated carbocycles. The fourth-order valence-corrected chi connectivity index (χ4v) is 3.19. The highest BCUT2D eigenvalue weighted by Crippen LogP contribution is 2.28. The number of nitrogens with one attached hydrogen (secondary N) is 1. The van der Waals surface area contributed by atoms with Gasteiger partial charge < -0.3 is 10.1 Å². The first kappa shape index (κ1) is 15.4. The van der Waals surface area contributed by atoms with Crippen molar-refractivity contribution >= 4 is 30.2 Å². The number of allylic oxidation sites excluding steroid dienone is 2. The fourth-order valence-electron chi connectivity index (χ4n) is 2.89. The average Bonchev–Trinajstić information content (AvgIpc) is 2.92. The Morgan fingerprint density at radius 2 is 1.72 bits per heavy atom.